The normalized spacial score (nSPS) is 10.6. The summed E-state index contributed by atoms with van der Waals surface area (Å²) in [5, 5.41) is 1.00. The van der Waals surface area contributed by atoms with Crippen molar-refractivity contribution in [2.75, 3.05) is 6.54 Å². The molecule has 1 aromatic heterocycles. The number of aromatic nitrogens is 1. The molecule has 0 fully saturated rings. The molecule has 0 aliphatic carbocycles. The molecule has 0 aliphatic heterocycles. The standard InChI is InChI=1S/C14H18N2OS/c1-2-11-4-3-5-12(8-11)17-10-14-16-9-13(18-14)6-7-15/h3-5,8-9H,2,6-7,10,15H2,1H3. The number of aryl methyl sites for hydroxylation is 1. The van der Waals surface area contributed by atoms with Crippen LogP contribution in [-0.4, -0.2) is 11.5 Å². The lowest BCUT2D eigenvalue weighted by Crippen LogP contribution is -2.00. The lowest BCUT2D eigenvalue weighted by Gasteiger charge is -2.05. The second kappa shape index (κ2) is 6.52. The van der Waals surface area contributed by atoms with E-state index in [-0.39, 0.29) is 0 Å². The van der Waals surface area contributed by atoms with Crippen molar-refractivity contribution in [1.29, 1.82) is 0 Å². The summed E-state index contributed by atoms with van der Waals surface area (Å²) in [7, 11) is 0. The molecule has 1 aromatic carbocycles. The summed E-state index contributed by atoms with van der Waals surface area (Å²) >= 11 is 1.67. The Hall–Kier alpha value is -1.39. The molecule has 96 valence electrons. The predicted molar refractivity (Wildman–Crippen MR) is 75.0 cm³/mol. The largest absolute Gasteiger partial charge is 0.486 e. The molecule has 0 bridgehead atoms. The van der Waals surface area contributed by atoms with Gasteiger partial charge in [-0.1, -0.05) is 19.1 Å². The van der Waals surface area contributed by atoms with Crippen LogP contribution >= 0.6 is 11.3 Å². The van der Waals surface area contributed by atoms with Gasteiger partial charge in [0.1, 0.15) is 17.4 Å². The van der Waals surface area contributed by atoms with E-state index in [2.05, 4.69) is 24.0 Å². The summed E-state index contributed by atoms with van der Waals surface area (Å²) in [5.74, 6) is 0.907. The SMILES string of the molecule is CCc1cccc(OCc2ncc(CCN)s2)c1. The monoisotopic (exact) mass is 262 g/mol. The van der Waals surface area contributed by atoms with Crippen molar-refractivity contribution in [1.82, 2.24) is 4.98 Å². The molecule has 18 heavy (non-hydrogen) atoms. The second-order valence-electron chi connectivity index (χ2n) is 4.05. The summed E-state index contributed by atoms with van der Waals surface area (Å²) < 4.78 is 5.74. The van der Waals surface area contributed by atoms with Crippen LogP contribution in [0.3, 0.4) is 0 Å². The Kier molecular flexibility index (Phi) is 4.73. The van der Waals surface area contributed by atoms with Crippen LogP contribution in [0.25, 0.3) is 0 Å². The van der Waals surface area contributed by atoms with Gasteiger partial charge in [-0.3, -0.25) is 0 Å². The Morgan fingerprint density at radius 1 is 1.39 bits per heavy atom. The van der Waals surface area contributed by atoms with E-state index in [0.29, 0.717) is 13.2 Å². The van der Waals surface area contributed by atoms with Crippen molar-refractivity contribution in [3.05, 3.63) is 45.9 Å². The van der Waals surface area contributed by atoms with E-state index in [1.165, 1.54) is 10.4 Å². The molecule has 0 radical (unpaired) electrons. The van der Waals surface area contributed by atoms with Gasteiger partial charge in [0, 0.05) is 11.1 Å². The smallest absolute Gasteiger partial charge is 0.140 e. The van der Waals surface area contributed by atoms with Gasteiger partial charge in [0.05, 0.1) is 0 Å². The number of nitrogens with two attached hydrogens (primary N) is 1. The zero-order valence-corrected chi connectivity index (χ0v) is 11.4. The Morgan fingerprint density at radius 3 is 3.06 bits per heavy atom. The van der Waals surface area contributed by atoms with Crippen LogP contribution in [-0.2, 0) is 19.4 Å². The maximum absolute atomic E-state index is 5.74. The minimum Gasteiger partial charge on any atom is -0.486 e. The minimum atomic E-state index is 0.530. The van der Waals surface area contributed by atoms with Gasteiger partial charge in [-0.2, -0.15) is 0 Å². The molecule has 0 amide bonds. The Balaban J connectivity index is 1.93. The zero-order chi connectivity index (χ0) is 12.8. The van der Waals surface area contributed by atoms with Crippen molar-refractivity contribution in [3.8, 4) is 5.75 Å². The van der Waals surface area contributed by atoms with Crippen molar-refractivity contribution >= 4 is 11.3 Å². The third-order valence-electron chi connectivity index (χ3n) is 2.66. The average molecular weight is 262 g/mol. The Morgan fingerprint density at radius 2 is 2.28 bits per heavy atom. The fraction of sp³-hybridized carbons (Fsp3) is 0.357. The third kappa shape index (κ3) is 3.55. The van der Waals surface area contributed by atoms with Gasteiger partial charge in [0.15, 0.2) is 0 Å². The zero-order valence-electron chi connectivity index (χ0n) is 10.6. The molecule has 0 saturated carbocycles. The van der Waals surface area contributed by atoms with E-state index in [4.69, 9.17) is 10.5 Å². The highest BCUT2D eigenvalue weighted by molar-refractivity contribution is 7.11. The fourth-order valence-corrected chi connectivity index (χ4v) is 2.52. The van der Waals surface area contributed by atoms with Crippen LogP contribution in [0.2, 0.25) is 0 Å². The summed E-state index contributed by atoms with van der Waals surface area (Å²) in [6, 6.07) is 8.19. The summed E-state index contributed by atoms with van der Waals surface area (Å²) in [6.45, 7) is 3.34. The molecule has 0 atom stereocenters. The first-order chi connectivity index (χ1) is 8.81. The molecule has 4 heteroatoms. The van der Waals surface area contributed by atoms with Gasteiger partial charge in [-0.25, -0.2) is 4.98 Å². The van der Waals surface area contributed by atoms with Gasteiger partial charge in [-0.15, -0.1) is 11.3 Å². The topological polar surface area (TPSA) is 48.1 Å². The summed E-state index contributed by atoms with van der Waals surface area (Å²) in [5.41, 5.74) is 6.80. The first-order valence-corrected chi connectivity index (χ1v) is 6.99. The van der Waals surface area contributed by atoms with Crippen LogP contribution in [0.5, 0.6) is 5.75 Å². The molecule has 0 saturated heterocycles. The van der Waals surface area contributed by atoms with Crippen molar-refractivity contribution in [3.63, 3.8) is 0 Å². The number of benzene rings is 1. The van der Waals surface area contributed by atoms with E-state index >= 15 is 0 Å². The first kappa shape index (κ1) is 13.1. The van der Waals surface area contributed by atoms with Crippen LogP contribution in [0, 0.1) is 0 Å². The Bertz CT molecular complexity index is 496. The van der Waals surface area contributed by atoms with E-state index < -0.39 is 0 Å². The number of rotatable bonds is 6. The molecule has 1 heterocycles. The molecule has 2 aromatic rings. The first-order valence-electron chi connectivity index (χ1n) is 6.17. The van der Waals surface area contributed by atoms with Gasteiger partial charge in [-0.05, 0) is 37.1 Å². The highest BCUT2D eigenvalue weighted by atomic mass is 32.1. The van der Waals surface area contributed by atoms with Crippen molar-refractivity contribution in [2.24, 2.45) is 5.73 Å². The third-order valence-corrected chi connectivity index (χ3v) is 3.69. The van der Waals surface area contributed by atoms with Crippen LogP contribution in [0.1, 0.15) is 22.4 Å². The lowest BCUT2D eigenvalue weighted by atomic mass is 10.2. The van der Waals surface area contributed by atoms with E-state index in [9.17, 15) is 0 Å². The fourth-order valence-electron chi connectivity index (χ4n) is 1.67. The summed E-state index contributed by atoms with van der Waals surface area (Å²) in [4.78, 5) is 5.55. The molecule has 0 spiro atoms. The average Bonchev–Trinajstić information content (AvgIpc) is 2.85. The highest BCUT2D eigenvalue weighted by Gasteiger charge is 2.03. The summed E-state index contributed by atoms with van der Waals surface area (Å²) in [6.07, 6.45) is 3.80. The molecular formula is C14H18N2OS. The quantitative estimate of drug-likeness (QED) is 0.871. The number of nitrogens with zero attached hydrogens (tertiary/aromatic N) is 1. The number of ether oxygens (including phenoxy) is 1. The van der Waals surface area contributed by atoms with Crippen LogP contribution in [0.15, 0.2) is 30.5 Å². The van der Waals surface area contributed by atoms with E-state index in [1.807, 2.05) is 18.3 Å². The van der Waals surface area contributed by atoms with Crippen LogP contribution in [0.4, 0.5) is 0 Å². The van der Waals surface area contributed by atoms with E-state index in [1.54, 1.807) is 11.3 Å². The van der Waals surface area contributed by atoms with Gasteiger partial charge in [0.25, 0.3) is 0 Å². The molecule has 3 nitrogen and oxygen atoms in total. The highest BCUT2D eigenvalue weighted by Crippen LogP contribution is 2.18. The predicted octanol–water partition coefficient (Wildman–Crippen LogP) is 2.79. The van der Waals surface area contributed by atoms with Crippen LogP contribution < -0.4 is 10.5 Å². The Labute approximate surface area is 112 Å². The van der Waals surface area contributed by atoms with Gasteiger partial charge in [0.2, 0.25) is 0 Å². The van der Waals surface area contributed by atoms with Crippen molar-refractivity contribution < 1.29 is 4.74 Å². The minimum absolute atomic E-state index is 0.530. The maximum atomic E-state index is 5.74. The molecule has 2 rings (SSSR count). The lowest BCUT2D eigenvalue weighted by molar-refractivity contribution is 0.305. The molecule has 0 aliphatic rings. The van der Waals surface area contributed by atoms with Gasteiger partial charge < -0.3 is 10.5 Å². The molecular weight excluding hydrogens is 244 g/mol. The second-order valence-corrected chi connectivity index (χ2v) is 5.25. The number of hydrogen-bond acceptors (Lipinski definition) is 4. The maximum Gasteiger partial charge on any atom is 0.140 e. The molecule has 0 unspecified atom stereocenters. The van der Waals surface area contributed by atoms with Gasteiger partial charge >= 0.3 is 0 Å². The van der Waals surface area contributed by atoms with Crippen molar-refractivity contribution in [2.45, 2.75) is 26.4 Å². The molecule has 2 N–H and O–H groups in total. The van der Waals surface area contributed by atoms with E-state index in [0.717, 1.165) is 23.6 Å². The number of hydrogen-bond donors (Lipinski definition) is 1. The number of thiazole rings is 1.